The predicted octanol–water partition coefficient (Wildman–Crippen LogP) is 3.14. The van der Waals surface area contributed by atoms with E-state index in [1.54, 1.807) is 0 Å². The fourth-order valence-corrected chi connectivity index (χ4v) is 3.36. The molecule has 4 nitrogen and oxygen atoms in total. The van der Waals surface area contributed by atoms with E-state index in [4.69, 9.17) is 13.9 Å². The lowest BCUT2D eigenvalue weighted by Crippen LogP contribution is -2.31. The minimum absolute atomic E-state index is 0.290. The molecule has 0 unspecified atom stereocenters. The lowest BCUT2D eigenvalue weighted by atomic mass is 10.4. The molecule has 0 N–H and O–H groups in total. The summed E-state index contributed by atoms with van der Waals surface area (Å²) in [5.41, 5.74) is 0. The molecule has 0 aromatic carbocycles. The highest BCUT2D eigenvalue weighted by Crippen LogP contribution is 2.14. The molecule has 19 heavy (non-hydrogen) atoms. The van der Waals surface area contributed by atoms with Crippen molar-refractivity contribution in [3.63, 3.8) is 0 Å². The predicted molar refractivity (Wildman–Crippen MR) is 79.7 cm³/mol. The summed E-state index contributed by atoms with van der Waals surface area (Å²) in [7, 11) is -1.51. The molecule has 0 aromatic heterocycles. The summed E-state index contributed by atoms with van der Waals surface area (Å²) in [6.45, 7) is 12.3. The molecule has 0 saturated heterocycles. The largest absolute Gasteiger partial charge is 0.460 e. The second-order valence-electron chi connectivity index (χ2n) is 5.05. The Morgan fingerprint density at radius 3 is 2.53 bits per heavy atom. The number of rotatable bonds is 12. The molecule has 0 aliphatic carbocycles. The Labute approximate surface area is 118 Å². The summed E-state index contributed by atoms with van der Waals surface area (Å²) in [5, 5.41) is 0. The van der Waals surface area contributed by atoms with Gasteiger partial charge in [-0.1, -0.05) is 19.9 Å². The van der Waals surface area contributed by atoms with Gasteiger partial charge in [0.2, 0.25) is 0 Å². The van der Waals surface area contributed by atoms with Gasteiger partial charge in [-0.2, -0.15) is 0 Å². The average molecular weight is 288 g/mol. The molecule has 0 aromatic rings. The van der Waals surface area contributed by atoms with Crippen molar-refractivity contribution in [1.29, 1.82) is 0 Å². The third-order valence-electron chi connectivity index (χ3n) is 2.70. The van der Waals surface area contributed by atoms with Crippen LogP contribution in [0.4, 0.5) is 0 Å². The molecular weight excluding hydrogens is 260 g/mol. The lowest BCUT2D eigenvalue weighted by Gasteiger charge is -2.22. The normalized spacial score (nSPS) is 11.3. The maximum atomic E-state index is 10.8. The molecule has 0 saturated carbocycles. The van der Waals surface area contributed by atoms with E-state index in [9.17, 15) is 4.79 Å². The van der Waals surface area contributed by atoms with Crippen LogP contribution in [0.25, 0.3) is 0 Å². The van der Waals surface area contributed by atoms with Gasteiger partial charge in [0.15, 0.2) is 8.32 Å². The maximum Gasteiger partial charge on any atom is 0.330 e. The van der Waals surface area contributed by atoms with Gasteiger partial charge in [0.05, 0.1) is 6.61 Å². The Hall–Kier alpha value is -0.653. The number of hydrogen-bond acceptors (Lipinski definition) is 4. The molecule has 0 spiro atoms. The molecule has 0 heterocycles. The van der Waals surface area contributed by atoms with Crippen LogP contribution in [0.2, 0.25) is 19.1 Å². The Balaban J connectivity index is 3.41. The molecule has 0 bridgehead atoms. The summed E-state index contributed by atoms with van der Waals surface area (Å²) in [4.78, 5) is 10.8. The van der Waals surface area contributed by atoms with E-state index >= 15 is 0 Å². The zero-order chi connectivity index (χ0) is 14.6. The van der Waals surface area contributed by atoms with Crippen molar-refractivity contribution in [1.82, 2.24) is 0 Å². The van der Waals surface area contributed by atoms with Gasteiger partial charge in [0.25, 0.3) is 0 Å². The van der Waals surface area contributed by atoms with Crippen LogP contribution < -0.4 is 0 Å². The monoisotopic (exact) mass is 288 g/mol. The number of carbonyl (C=O) groups is 1. The molecule has 0 atom stereocenters. The van der Waals surface area contributed by atoms with E-state index in [1.165, 1.54) is 6.42 Å². The van der Waals surface area contributed by atoms with Crippen molar-refractivity contribution in [3.8, 4) is 0 Å². The van der Waals surface area contributed by atoms with E-state index in [-0.39, 0.29) is 0 Å². The van der Waals surface area contributed by atoms with Gasteiger partial charge in [0, 0.05) is 19.3 Å². The van der Waals surface area contributed by atoms with E-state index < -0.39 is 14.3 Å². The summed E-state index contributed by atoms with van der Waals surface area (Å²) >= 11 is 0. The van der Waals surface area contributed by atoms with E-state index in [0.717, 1.165) is 31.6 Å². The van der Waals surface area contributed by atoms with Crippen LogP contribution in [0, 0.1) is 0 Å². The first-order valence-corrected chi connectivity index (χ1v) is 10.1. The van der Waals surface area contributed by atoms with Crippen LogP contribution in [-0.2, 0) is 18.7 Å². The van der Waals surface area contributed by atoms with Crippen LogP contribution in [0.1, 0.15) is 26.2 Å². The third-order valence-corrected chi connectivity index (χ3v) is 5.24. The molecule has 0 radical (unpaired) electrons. The van der Waals surface area contributed by atoms with Crippen molar-refractivity contribution < 1.29 is 18.7 Å². The average Bonchev–Trinajstić information content (AvgIpc) is 2.37. The van der Waals surface area contributed by atoms with E-state index in [2.05, 4.69) is 26.6 Å². The molecule has 0 aliphatic rings. The van der Waals surface area contributed by atoms with Crippen LogP contribution in [-0.4, -0.2) is 40.7 Å². The van der Waals surface area contributed by atoms with Crippen LogP contribution in [0.3, 0.4) is 0 Å². The molecular formula is C14H28O4Si. The fraction of sp³-hybridized carbons (Fsp3) is 0.786. The van der Waals surface area contributed by atoms with Gasteiger partial charge in [-0.3, -0.25) is 0 Å². The van der Waals surface area contributed by atoms with Gasteiger partial charge in [-0.15, -0.1) is 0 Å². The van der Waals surface area contributed by atoms with Crippen molar-refractivity contribution in [2.75, 3.05) is 26.4 Å². The summed E-state index contributed by atoms with van der Waals surface area (Å²) in [6.07, 6.45) is 4.47. The van der Waals surface area contributed by atoms with Gasteiger partial charge < -0.3 is 13.9 Å². The Morgan fingerprint density at radius 2 is 1.89 bits per heavy atom. The van der Waals surface area contributed by atoms with Gasteiger partial charge in [0.1, 0.15) is 6.61 Å². The Morgan fingerprint density at radius 1 is 1.16 bits per heavy atom. The number of esters is 1. The second-order valence-corrected chi connectivity index (χ2v) is 9.36. The highest BCUT2D eigenvalue weighted by atomic mass is 28.4. The number of hydrogen-bond donors (Lipinski definition) is 0. The Bertz CT molecular complexity index is 254. The quantitative estimate of drug-likeness (QED) is 0.239. The van der Waals surface area contributed by atoms with Gasteiger partial charge in [-0.05, 0) is 32.0 Å². The van der Waals surface area contributed by atoms with Crippen LogP contribution >= 0.6 is 0 Å². The minimum Gasteiger partial charge on any atom is -0.460 e. The SMILES string of the molecule is C=CC(=O)OCCOCCC[Si](C)(C)OCCCC. The third kappa shape index (κ3) is 12.1. The highest BCUT2D eigenvalue weighted by molar-refractivity contribution is 6.71. The maximum absolute atomic E-state index is 10.8. The molecule has 0 rings (SSSR count). The Kier molecular flexibility index (Phi) is 10.8. The van der Waals surface area contributed by atoms with Gasteiger partial charge >= 0.3 is 5.97 Å². The van der Waals surface area contributed by atoms with E-state index in [1.807, 2.05) is 0 Å². The topological polar surface area (TPSA) is 44.8 Å². The van der Waals surface area contributed by atoms with Crippen LogP contribution in [0.15, 0.2) is 12.7 Å². The standard InChI is InChI=1S/C14H28O4Si/c1-5-7-10-18-19(3,4)13-8-9-16-11-12-17-14(15)6-2/h6H,2,5,7-13H2,1,3-4H3. The fourth-order valence-electron chi connectivity index (χ4n) is 1.53. The minimum atomic E-state index is -1.51. The zero-order valence-electron chi connectivity index (χ0n) is 12.6. The number of unbranched alkanes of at least 4 members (excludes halogenated alkanes) is 1. The molecule has 0 fully saturated rings. The first-order valence-electron chi connectivity index (χ1n) is 7.02. The molecule has 5 heteroatoms. The molecule has 0 aliphatic heterocycles. The van der Waals surface area contributed by atoms with Crippen molar-refractivity contribution >= 4 is 14.3 Å². The summed E-state index contributed by atoms with van der Waals surface area (Å²) in [5.74, 6) is -0.401. The lowest BCUT2D eigenvalue weighted by molar-refractivity contribution is -0.139. The zero-order valence-corrected chi connectivity index (χ0v) is 13.6. The summed E-state index contributed by atoms with van der Waals surface area (Å²) < 4.78 is 16.2. The second kappa shape index (κ2) is 11.2. The highest BCUT2D eigenvalue weighted by Gasteiger charge is 2.21. The first kappa shape index (κ1) is 18.3. The number of carbonyl (C=O) groups excluding carboxylic acids is 1. The number of ether oxygens (including phenoxy) is 2. The van der Waals surface area contributed by atoms with Crippen molar-refractivity contribution in [2.24, 2.45) is 0 Å². The van der Waals surface area contributed by atoms with Crippen LogP contribution in [0.5, 0.6) is 0 Å². The summed E-state index contributed by atoms with van der Waals surface area (Å²) in [6, 6.07) is 1.10. The smallest absolute Gasteiger partial charge is 0.330 e. The first-order chi connectivity index (χ1) is 9.02. The van der Waals surface area contributed by atoms with E-state index in [0.29, 0.717) is 19.8 Å². The van der Waals surface area contributed by atoms with Crippen molar-refractivity contribution in [3.05, 3.63) is 12.7 Å². The van der Waals surface area contributed by atoms with Gasteiger partial charge in [-0.25, -0.2) is 4.79 Å². The van der Waals surface area contributed by atoms with Crippen molar-refractivity contribution in [2.45, 2.75) is 45.3 Å². The molecule has 0 amide bonds. The molecule has 112 valence electrons.